The summed E-state index contributed by atoms with van der Waals surface area (Å²) in [6, 6.07) is 6.83. The van der Waals surface area contributed by atoms with Gasteiger partial charge in [0.2, 0.25) is 0 Å². The average molecular weight is 284 g/mol. The maximum Gasteiger partial charge on any atom is 0.0240 e. The molecule has 0 spiro atoms. The fraction of sp³-hybridized carbons (Fsp3) is 0.579. The van der Waals surface area contributed by atoms with Crippen molar-refractivity contribution in [2.45, 2.75) is 46.7 Å². The van der Waals surface area contributed by atoms with E-state index in [-0.39, 0.29) is 0 Å². The highest BCUT2D eigenvalue weighted by Crippen LogP contribution is 2.30. The van der Waals surface area contributed by atoms with Crippen LogP contribution in [0.25, 0.3) is 0 Å². The second-order valence-corrected chi connectivity index (χ2v) is 7.45. The molecule has 2 aliphatic heterocycles. The summed E-state index contributed by atoms with van der Waals surface area (Å²) >= 11 is 0. The lowest BCUT2D eigenvalue weighted by molar-refractivity contribution is 0.270. The predicted octanol–water partition coefficient (Wildman–Crippen LogP) is 3.51. The molecule has 1 N–H and O–H groups in total. The lowest BCUT2D eigenvalue weighted by atomic mass is 9.83. The summed E-state index contributed by atoms with van der Waals surface area (Å²) in [5.74, 6) is 0. The summed E-state index contributed by atoms with van der Waals surface area (Å²) in [5.41, 5.74) is 6.60. The summed E-state index contributed by atoms with van der Waals surface area (Å²) in [4.78, 5) is 2.59. The molecule has 2 heteroatoms. The first kappa shape index (κ1) is 14.8. The van der Waals surface area contributed by atoms with Gasteiger partial charge in [0.1, 0.15) is 0 Å². The maximum atomic E-state index is 3.47. The summed E-state index contributed by atoms with van der Waals surface area (Å²) in [6.07, 6.45) is 4.86. The zero-order valence-electron chi connectivity index (χ0n) is 13.7. The monoisotopic (exact) mass is 284 g/mol. The molecule has 114 valence electrons. The van der Waals surface area contributed by atoms with Crippen molar-refractivity contribution in [1.82, 2.24) is 10.2 Å². The van der Waals surface area contributed by atoms with Crippen molar-refractivity contribution in [3.63, 3.8) is 0 Å². The molecule has 3 rings (SSSR count). The van der Waals surface area contributed by atoms with Crippen molar-refractivity contribution >= 4 is 0 Å². The molecule has 2 heterocycles. The number of hydrogen-bond acceptors (Lipinski definition) is 2. The topological polar surface area (TPSA) is 15.3 Å². The van der Waals surface area contributed by atoms with Gasteiger partial charge in [0.25, 0.3) is 0 Å². The van der Waals surface area contributed by atoms with E-state index in [1.807, 2.05) is 0 Å². The van der Waals surface area contributed by atoms with Gasteiger partial charge in [0.15, 0.2) is 0 Å². The third-order valence-corrected chi connectivity index (χ3v) is 4.89. The summed E-state index contributed by atoms with van der Waals surface area (Å²) in [6.45, 7) is 12.6. The first-order valence-corrected chi connectivity index (χ1v) is 8.26. The molecule has 0 amide bonds. The summed E-state index contributed by atoms with van der Waals surface area (Å²) < 4.78 is 0. The van der Waals surface area contributed by atoms with E-state index in [1.54, 1.807) is 16.7 Å². The van der Waals surface area contributed by atoms with E-state index in [1.165, 1.54) is 24.9 Å². The quantitative estimate of drug-likeness (QED) is 0.836. The van der Waals surface area contributed by atoms with Crippen LogP contribution in [0.1, 0.15) is 43.9 Å². The minimum absolute atomic E-state index is 0.337. The van der Waals surface area contributed by atoms with Crippen LogP contribution in [0.4, 0.5) is 0 Å². The van der Waals surface area contributed by atoms with Crippen molar-refractivity contribution in [3.8, 4) is 0 Å². The van der Waals surface area contributed by atoms with Crippen molar-refractivity contribution < 1.29 is 0 Å². The lowest BCUT2D eigenvalue weighted by Crippen LogP contribution is -2.32. The van der Waals surface area contributed by atoms with Gasteiger partial charge in [-0.3, -0.25) is 4.90 Å². The predicted molar refractivity (Wildman–Crippen MR) is 89.3 cm³/mol. The van der Waals surface area contributed by atoms with E-state index in [9.17, 15) is 0 Å². The Labute approximate surface area is 129 Å². The van der Waals surface area contributed by atoms with E-state index in [0.29, 0.717) is 5.41 Å². The highest BCUT2D eigenvalue weighted by molar-refractivity contribution is 5.37. The maximum absolute atomic E-state index is 3.47. The van der Waals surface area contributed by atoms with E-state index < -0.39 is 0 Å². The smallest absolute Gasteiger partial charge is 0.0240 e. The molecule has 1 aromatic rings. The zero-order valence-corrected chi connectivity index (χ0v) is 13.7. The second kappa shape index (κ2) is 5.94. The van der Waals surface area contributed by atoms with Crippen LogP contribution in [-0.2, 0) is 19.5 Å². The molecule has 2 nitrogen and oxygen atoms in total. The van der Waals surface area contributed by atoms with Crippen LogP contribution < -0.4 is 5.32 Å². The van der Waals surface area contributed by atoms with Crippen LogP contribution in [-0.4, -0.2) is 24.5 Å². The minimum Gasteiger partial charge on any atom is -0.312 e. The number of benzene rings is 1. The lowest BCUT2D eigenvalue weighted by Gasteiger charge is -2.33. The fourth-order valence-corrected chi connectivity index (χ4v) is 3.54. The number of rotatable bonds is 2. The molecule has 0 saturated carbocycles. The van der Waals surface area contributed by atoms with Crippen LogP contribution in [0.2, 0.25) is 0 Å². The van der Waals surface area contributed by atoms with E-state index in [2.05, 4.69) is 55.3 Å². The van der Waals surface area contributed by atoms with Gasteiger partial charge in [-0.05, 0) is 41.5 Å². The molecule has 0 aromatic heterocycles. The Morgan fingerprint density at radius 2 is 2.05 bits per heavy atom. The van der Waals surface area contributed by atoms with E-state index in [0.717, 1.165) is 26.2 Å². The Morgan fingerprint density at radius 3 is 2.76 bits per heavy atom. The minimum atomic E-state index is 0.337. The van der Waals surface area contributed by atoms with Gasteiger partial charge in [-0.25, -0.2) is 0 Å². The SMILES string of the molecule is CC(C)(C)C1=CCN(Cc2cccc3c2CCNC3)CC1. The molecule has 0 aliphatic carbocycles. The second-order valence-electron chi connectivity index (χ2n) is 7.45. The van der Waals surface area contributed by atoms with Gasteiger partial charge in [-0.15, -0.1) is 0 Å². The molecule has 0 atom stereocenters. The molecule has 0 bridgehead atoms. The normalized spacial score (nSPS) is 20.0. The summed E-state index contributed by atoms with van der Waals surface area (Å²) in [5, 5.41) is 3.47. The van der Waals surface area contributed by atoms with Gasteiger partial charge in [-0.1, -0.05) is 50.6 Å². The van der Waals surface area contributed by atoms with Crippen molar-refractivity contribution in [2.24, 2.45) is 5.41 Å². The van der Waals surface area contributed by atoms with Crippen molar-refractivity contribution in [2.75, 3.05) is 19.6 Å². The van der Waals surface area contributed by atoms with Gasteiger partial charge in [0, 0.05) is 26.2 Å². The van der Waals surface area contributed by atoms with Crippen LogP contribution in [0.5, 0.6) is 0 Å². The van der Waals surface area contributed by atoms with Gasteiger partial charge >= 0.3 is 0 Å². The Balaban J connectivity index is 1.70. The molecule has 0 radical (unpaired) electrons. The fourth-order valence-electron chi connectivity index (χ4n) is 3.54. The summed E-state index contributed by atoms with van der Waals surface area (Å²) in [7, 11) is 0. The third-order valence-electron chi connectivity index (χ3n) is 4.89. The first-order chi connectivity index (χ1) is 10.0. The molecule has 0 fully saturated rings. The Morgan fingerprint density at radius 1 is 1.19 bits per heavy atom. The van der Waals surface area contributed by atoms with Gasteiger partial charge in [-0.2, -0.15) is 0 Å². The number of hydrogen-bond donors (Lipinski definition) is 1. The molecular formula is C19H28N2. The molecule has 21 heavy (non-hydrogen) atoms. The number of nitrogens with one attached hydrogen (secondary N) is 1. The molecule has 0 saturated heterocycles. The average Bonchev–Trinajstić information content (AvgIpc) is 2.47. The molecule has 2 aliphatic rings. The Kier molecular flexibility index (Phi) is 4.19. The highest BCUT2D eigenvalue weighted by Gasteiger charge is 2.22. The van der Waals surface area contributed by atoms with Gasteiger partial charge in [0.05, 0.1) is 0 Å². The van der Waals surface area contributed by atoms with Crippen molar-refractivity contribution in [3.05, 3.63) is 46.5 Å². The van der Waals surface area contributed by atoms with Crippen LogP contribution in [0.15, 0.2) is 29.8 Å². The van der Waals surface area contributed by atoms with Gasteiger partial charge < -0.3 is 5.32 Å². The van der Waals surface area contributed by atoms with E-state index >= 15 is 0 Å². The highest BCUT2D eigenvalue weighted by atomic mass is 15.1. The largest absolute Gasteiger partial charge is 0.312 e. The zero-order chi connectivity index (χ0) is 14.9. The van der Waals surface area contributed by atoms with Crippen molar-refractivity contribution in [1.29, 1.82) is 0 Å². The molecule has 0 unspecified atom stereocenters. The standard InChI is InChI=1S/C19H28N2/c1-19(2,3)17-8-11-21(12-9-17)14-16-6-4-5-15-13-20-10-7-18(15)16/h4-6,8,20H,7,9-14H2,1-3H3. The third kappa shape index (κ3) is 3.38. The Bertz CT molecular complexity index is 537. The van der Waals surface area contributed by atoms with Crippen LogP contribution in [0.3, 0.4) is 0 Å². The Hall–Kier alpha value is -1.12. The molecular weight excluding hydrogens is 256 g/mol. The molecule has 1 aromatic carbocycles. The van der Waals surface area contributed by atoms with Crippen LogP contribution in [0, 0.1) is 5.41 Å². The number of fused-ring (bicyclic) bond motifs is 1. The number of nitrogens with zero attached hydrogens (tertiary/aromatic N) is 1. The van der Waals surface area contributed by atoms with E-state index in [4.69, 9.17) is 0 Å². The van der Waals surface area contributed by atoms with Crippen LogP contribution >= 0.6 is 0 Å². The first-order valence-electron chi connectivity index (χ1n) is 8.26.